The van der Waals surface area contributed by atoms with Gasteiger partial charge in [-0.15, -0.1) is 0 Å². The lowest BCUT2D eigenvalue weighted by molar-refractivity contribution is 0.102. The average molecular weight is 398 g/mol. The van der Waals surface area contributed by atoms with Crippen LogP contribution in [0.5, 0.6) is 0 Å². The van der Waals surface area contributed by atoms with Crippen molar-refractivity contribution in [3.05, 3.63) is 56.0 Å². The molecule has 0 saturated carbocycles. The van der Waals surface area contributed by atoms with Crippen LogP contribution in [-0.2, 0) is 0 Å². The maximum Gasteiger partial charge on any atom is 0.255 e. The summed E-state index contributed by atoms with van der Waals surface area (Å²) in [5.74, 6) is -0.163. The molecule has 0 aliphatic heterocycles. The van der Waals surface area contributed by atoms with Gasteiger partial charge in [0.25, 0.3) is 5.91 Å². The molecule has 1 amide bonds. The van der Waals surface area contributed by atoms with Crippen molar-refractivity contribution >= 4 is 49.1 Å². The Morgan fingerprint density at radius 1 is 1.10 bits per heavy atom. The fourth-order valence-corrected chi connectivity index (χ4v) is 3.22. The van der Waals surface area contributed by atoms with Gasteiger partial charge < -0.3 is 11.1 Å². The molecular weight excluding hydrogens is 384 g/mol. The first-order valence-electron chi connectivity index (χ1n) is 6.01. The highest BCUT2D eigenvalue weighted by atomic mass is 79.9. The van der Waals surface area contributed by atoms with Gasteiger partial charge in [-0.05, 0) is 49.2 Å². The number of rotatable bonds is 2. The molecule has 3 nitrogen and oxygen atoms in total. The summed E-state index contributed by atoms with van der Waals surface area (Å²) in [7, 11) is 0. The number of hydrogen-bond acceptors (Lipinski definition) is 2. The van der Waals surface area contributed by atoms with E-state index in [2.05, 4.69) is 37.2 Å². The van der Waals surface area contributed by atoms with Crippen molar-refractivity contribution in [3.63, 3.8) is 0 Å². The van der Waals surface area contributed by atoms with E-state index in [1.54, 1.807) is 12.1 Å². The molecule has 0 atom stereocenters. The van der Waals surface area contributed by atoms with Crippen LogP contribution in [0.2, 0.25) is 0 Å². The van der Waals surface area contributed by atoms with Gasteiger partial charge in [0.1, 0.15) is 0 Å². The molecule has 0 heterocycles. The summed E-state index contributed by atoms with van der Waals surface area (Å²) < 4.78 is 1.69. The zero-order valence-electron chi connectivity index (χ0n) is 11.1. The third kappa shape index (κ3) is 3.22. The molecule has 0 aliphatic rings. The van der Waals surface area contributed by atoms with Crippen molar-refractivity contribution in [2.24, 2.45) is 0 Å². The van der Waals surface area contributed by atoms with Crippen molar-refractivity contribution < 1.29 is 4.79 Å². The number of anilines is 2. The first-order chi connectivity index (χ1) is 9.38. The Morgan fingerprint density at radius 2 is 1.70 bits per heavy atom. The van der Waals surface area contributed by atoms with Crippen molar-refractivity contribution in [3.8, 4) is 0 Å². The van der Waals surface area contributed by atoms with E-state index in [9.17, 15) is 4.79 Å². The Kier molecular flexibility index (Phi) is 4.50. The quantitative estimate of drug-likeness (QED) is 0.723. The fraction of sp³-hybridized carbons (Fsp3) is 0.133. The summed E-state index contributed by atoms with van der Waals surface area (Å²) in [4.78, 5) is 12.3. The summed E-state index contributed by atoms with van der Waals surface area (Å²) in [5, 5.41) is 2.93. The van der Waals surface area contributed by atoms with Crippen molar-refractivity contribution in [1.29, 1.82) is 0 Å². The summed E-state index contributed by atoms with van der Waals surface area (Å²) >= 11 is 6.75. The van der Waals surface area contributed by atoms with Gasteiger partial charge in [-0.1, -0.05) is 37.9 Å². The molecule has 3 N–H and O–H groups in total. The topological polar surface area (TPSA) is 55.1 Å². The van der Waals surface area contributed by atoms with Crippen LogP contribution in [-0.4, -0.2) is 5.91 Å². The molecular formula is C15H14Br2N2O. The number of halogens is 2. The van der Waals surface area contributed by atoms with E-state index in [0.717, 1.165) is 25.8 Å². The second kappa shape index (κ2) is 5.97. The number of nitrogens with one attached hydrogen (secondary N) is 1. The van der Waals surface area contributed by atoms with E-state index >= 15 is 0 Å². The third-order valence-corrected chi connectivity index (χ3v) is 3.99. The lowest BCUT2D eigenvalue weighted by Gasteiger charge is -2.13. The number of carbonyl (C=O) groups is 1. The Balaban J connectivity index is 2.35. The maximum absolute atomic E-state index is 12.3. The van der Waals surface area contributed by atoms with E-state index < -0.39 is 0 Å². The lowest BCUT2D eigenvalue weighted by atomic mass is 10.1. The Labute approximate surface area is 134 Å². The molecule has 0 fully saturated rings. The van der Waals surface area contributed by atoms with Gasteiger partial charge in [0, 0.05) is 25.9 Å². The minimum atomic E-state index is -0.163. The monoisotopic (exact) mass is 396 g/mol. The molecule has 2 aromatic rings. The van der Waals surface area contributed by atoms with E-state index in [-0.39, 0.29) is 5.91 Å². The summed E-state index contributed by atoms with van der Waals surface area (Å²) in [6.07, 6.45) is 0. The molecule has 0 saturated heterocycles. The third-order valence-electron chi connectivity index (χ3n) is 3.08. The number of hydrogen-bond donors (Lipinski definition) is 2. The highest BCUT2D eigenvalue weighted by molar-refractivity contribution is 9.11. The van der Waals surface area contributed by atoms with Crippen molar-refractivity contribution in [2.45, 2.75) is 13.8 Å². The zero-order valence-corrected chi connectivity index (χ0v) is 14.3. The Bertz CT molecular complexity index is 664. The standard InChI is InChI=1S/C15H14Br2N2O/c1-8-3-4-13(18)9(2)14(8)19-15(20)10-5-11(16)7-12(17)6-10/h3-7H,18H2,1-2H3,(H,19,20). The fourth-order valence-electron chi connectivity index (χ4n) is 1.93. The molecule has 0 aliphatic carbocycles. The number of nitrogens with two attached hydrogens (primary N) is 1. The van der Waals surface area contributed by atoms with Crippen LogP contribution in [0.25, 0.3) is 0 Å². The summed E-state index contributed by atoms with van der Waals surface area (Å²) in [5.41, 5.74) is 9.77. The van der Waals surface area contributed by atoms with Gasteiger partial charge in [-0.25, -0.2) is 0 Å². The number of nitrogen functional groups attached to an aromatic ring is 1. The molecule has 0 unspecified atom stereocenters. The molecule has 2 aromatic carbocycles. The normalized spacial score (nSPS) is 10.4. The van der Waals surface area contributed by atoms with Crippen LogP contribution in [0.1, 0.15) is 21.5 Å². The van der Waals surface area contributed by atoms with E-state index in [4.69, 9.17) is 5.73 Å². The van der Waals surface area contributed by atoms with Crippen LogP contribution in [0.3, 0.4) is 0 Å². The predicted molar refractivity (Wildman–Crippen MR) is 90.1 cm³/mol. The van der Waals surface area contributed by atoms with Gasteiger partial charge in [0.05, 0.1) is 0 Å². The molecule has 104 valence electrons. The Morgan fingerprint density at radius 3 is 2.30 bits per heavy atom. The molecule has 0 aromatic heterocycles. The molecule has 0 radical (unpaired) electrons. The molecule has 2 rings (SSSR count). The number of benzene rings is 2. The summed E-state index contributed by atoms with van der Waals surface area (Å²) in [6.45, 7) is 3.84. The minimum Gasteiger partial charge on any atom is -0.398 e. The first-order valence-corrected chi connectivity index (χ1v) is 7.60. The molecule has 5 heteroatoms. The smallest absolute Gasteiger partial charge is 0.255 e. The van der Waals surface area contributed by atoms with E-state index in [1.165, 1.54) is 0 Å². The number of amides is 1. The molecule has 0 bridgehead atoms. The number of carbonyl (C=O) groups excluding carboxylic acids is 1. The predicted octanol–water partition coefficient (Wildman–Crippen LogP) is 4.66. The number of aryl methyl sites for hydroxylation is 1. The maximum atomic E-state index is 12.3. The molecule has 0 spiro atoms. The van der Waals surface area contributed by atoms with Crippen LogP contribution >= 0.6 is 31.9 Å². The van der Waals surface area contributed by atoms with Crippen LogP contribution in [0, 0.1) is 13.8 Å². The van der Waals surface area contributed by atoms with Crippen LogP contribution < -0.4 is 11.1 Å². The lowest BCUT2D eigenvalue weighted by Crippen LogP contribution is -2.14. The van der Waals surface area contributed by atoms with Crippen molar-refractivity contribution in [1.82, 2.24) is 0 Å². The highest BCUT2D eigenvalue weighted by Crippen LogP contribution is 2.26. The average Bonchev–Trinajstić information content (AvgIpc) is 2.38. The minimum absolute atomic E-state index is 0.163. The highest BCUT2D eigenvalue weighted by Gasteiger charge is 2.12. The zero-order chi connectivity index (χ0) is 14.9. The second-order valence-electron chi connectivity index (χ2n) is 4.58. The summed E-state index contributed by atoms with van der Waals surface area (Å²) in [6, 6.07) is 9.17. The van der Waals surface area contributed by atoms with E-state index in [0.29, 0.717) is 11.3 Å². The van der Waals surface area contributed by atoms with E-state index in [1.807, 2.05) is 32.0 Å². The molecule has 20 heavy (non-hydrogen) atoms. The van der Waals surface area contributed by atoms with Crippen LogP contribution in [0.4, 0.5) is 11.4 Å². The van der Waals surface area contributed by atoms with Crippen LogP contribution in [0.15, 0.2) is 39.3 Å². The van der Waals surface area contributed by atoms with Crippen molar-refractivity contribution in [2.75, 3.05) is 11.1 Å². The second-order valence-corrected chi connectivity index (χ2v) is 6.42. The largest absolute Gasteiger partial charge is 0.398 e. The SMILES string of the molecule is Cc1ccc(N)c(C)c1NC(=O)c1cc(Br)cc(Br)c1. The van der Waals surface area contributed by atoms with Gasteiger partial charge >= 0.3 is 0 Å². The van der Waals surface area contributed by atoms with Gasteiger partial charge in [0.15, 0.2) is 0 Å². The van der Waals surface area contributed by atoms with Gasteiger partial charge in [-0.3, -0.25) is 4.79 Å². The first kappa shape index (κ1) is 15.1. The van der Waals surface area contributed by atoms with Gasteiger partial charge in [0.2, 0.25) is 0 Å². The Hall–Kier alpha value is -1.33. The van der Waals surface area contributed by atoms with Gasteiger partial charge in [-0.2, -0.15) is 0 Å².